The fraction of sp³-hybridized carbons (Fsp3) is 0.200. The van der Waals surface area contributed by atoms with Crippen LogP contribution in [0.5, 0.6) is 0 Å². The van der Waals surface area contributed by atoms with E-state index in [0.717, 1.165) is 22.6 Å². The van der Waals surface area contributed by atoms with E-state index in [1.165, 1.54) is 0 Å². The first-order valence-electron chi connectivity index (χ1n) is 7.50. The largest absolute Gasteiger partial charge is 0.485 e. The predicted molar refractivity (Wildman–Crippen MR) is 90.0 cm³/mol. The van der Waals surface area contributed by atoms with Gasteiger partial charge < -0.3 is 9.47 Å². The summed E-state index contributed by atoms with van der Waals surface area (Å²) < 4.78 is 11.8. The molecule has 2 aromatic carbocycles. The van der Waals surface area contributed by atoms with Gasteiger partial charge in [0.25, 0.3) is 0 Å². The Labute approximate surface area is 132 Å². The Hall–Kier alpha value is -2.48. The monoisotopic (exact) mass is 294 g/mol. The van der Waals surface area contributed by atoms with Crippen molar-refractivity contribution >= 4 is 0 Å². The molecule has 0 spiro atoms. The Morgan fingerprint density at radius 3 is 1.36 bits per heavy atom. The SMILES string of the molecule is C/C=C(OCc1ccccc1)\C(=C/C)OCc1ccccc1. The average Bonchev–Trinajstić information content (AvgIpc) is 2.59. The standard InChI is InChI=1S/C20H22O2/c1-3-19(21-15-17-11-7-5-8-12-17)20(4-2)22-16-18-13-9-6-10-14-18/h3-14H,15-16H2,1-2H3/b19-3+,20-4+. The predicted octanol–water partition coefficient (Wildman–Crippen LogP) is 5.23. The number of ether oxygens (including phenoxy) is 2. The zero-order chi connectivity index (χ0) is 15.6. The molecular formula is C20H22O2. The van der Waals surface area contributed by atoms with Crippen LogP contribution in [0.25, 0.3) is 0 Å². The molecule has 0 aliphatic carbocycles. The van der Waals surface area contributed by atoms with Gasteiger partial charge in [-0.3, -0.25) is 0 Å². The lowest BCUT2D eigenvalue weighted by Crippen LogP contribution is -2.01. The molecule has 2 rings (SSSR count). The number of benzene rings is 2. The van der Waals surface area contributed by atoms with Crippen LogP contribution in [0.2, 0.25) is 0 Å². The Balaban J connectivity index is 1.93. The summed E-state index contributed by atoms with van der Waals surface area (Å²) in [4.78, 5) is 0. The van der Waals surface area contributed by atoms with Gasteiger partial charge in [-0.15, -0.1) is 0 Å². The van der Waals surface area contributed by atoms with E-state index >= 15 is 0 Å². The highest BCUT2D eigenvalue weighted by Gasteiger charge is 2.07. The minimum absolute atomic E-state index is 0.534. The Kier molecular flexibility index (Phi) is 6.31. The molecule has 0 aromatic heterocycles. The van der Waals surface area contributed by atoms with Gasteiger partial charge in [0.1, 0.15) is 13.2 Å². The van der Waals surface area contributed by atoms with Gasteiger partial charge in [0.15, 0.2) is 11.5 Å². The highest BCUT2D eigenvalue weighted by atomic mass is 16.5. The molecule has 0 atom stereocenters. The van der Waals surface area contributed by atoms with E-state index < -0.39 is 0 Å². The summed E-state index contributed by atoms with van der Waals surface area (Å²) in [5.74, 6) is 1.53. The van der Waals surface area contributed by atoms with Gasteiger partial charge in [0.2, 0.25) is 0 Å². The summed E-state index contributed by atoms with van der Waals surface area (Å²) in [6.45, 7) is 4.98. The molecule has 0 saturated carbocycles. The van der Waals surface area contributed by atoms with Crippen molar-refractivity contribution in [2.75, 3.05) is 0 Å². The molecule has 0 radical (unpaired) electrons. The Morgan fingerprint density at radius 1 is 0.682 bits per heavy atom. The van der Waals surface area contributed by atoms with Crippen LogP contribution < -0.4 is 0 Å². The fourth-order valence-corrected chi connectivity index (χ4v) is 2.06. The van der Waals surface area contributed by atoms with E-state index in [-0.39, 0.29) is 0 Å². The van der Waals surface area contributed by atoms with Gasteiger partial charge in [-0.1, -0.05) is 60.7 Å². The van der Waals surface area contributed by atoms with Gasteiger partial charge in [0.05, 0.1) is 0 Å². The van der Waals surface area contributed by atoms with E-state index in [1.54, 1.807) is 0 Å². The first-order chi connectivity index (χ1) is 10.8. The van der Waals surface area contributed by atoms with Gasteiger partial charge >= 0.3 is 0 Å². The van der Waals surface area contributed by atoms with Gasteiger partial charge in [-0.05, 0) is 37.1 Å². The normalized spacial score (nSPS) is 12.1. The maximum absolute atomic E-state index is 5.89. The third-order valence-electron chi connectivity index (χ3n) is 3.24. The molecule has 0 unspecified atom stereocenters. The molecule has 0 bridgehead atoms. The summed E-state index contributed by atoms with van der Waals surface area (Å²) in [6.07, 6.45) is 3.87. The van der Waals surface area contributed by atoms with Crippen molar-refractivity contribution in [1.29, 1.82) is 0 Å². The van der Waals surface area contributed by atoms with Crippen molar-refractivity contribution < 1.29 is 9.47 Å². The number of rotatable bonds is 7. The van der Waals surface area contributed by atoms with Crippen LogP contribution in [-0.2, 0) is 22.7 Å². The van der Waals surface area contributed by atoms with Crippen molar-refractivity contribution in [2.45, 2.75) is 27.1 Å². The second-order valence-electron chi connectivity index (χ2n) is 4.85. The molecular weight excluding hydrogens is 272 g/mol. The van der Waals surface area contributed by atoms with Crippen LogP contribution in [0.1, 0.15) is 25.0 Å². The second kappa shape index (κ2) is 8.73. The zero-order valence-corrected chi connectivity index (χ0v) is 13.2. The van der Waals surface area contributed by atoms with Crippen molar-refractivity contribution in [3.05, 3.63) is 95.5 Å². The second-order valence-corrected chi connectivity index (χ2v) is 4.85. The van der Waals surface area contributed by atoms with E-state index in [9.17, 15) is 0 Å². The van der Waals surface area contributed by atoms with Crippen LogP contribution in [0.3, 0.4) is 0 Å². The molecule has 114 valence electrons. The summed E-state index contributed by atoms with van der Waals surface area (Å²) >= 11 is 0. The summed E-state index contributed by atoms with van der Waals surface area (Å²) in [5.41, 5.74) is 2.28. The van der Waals surface area contributed by atoms with E-state index in [1.807, 2.05) is 86.7 Å². The Morgan fingerprint density at radius 2 is 1.05 bits per heavy atom. The molecule has 0 fully saturated rings. The van der Waals surface area contributed by atoms with Gasteiger partial charge in [-0.25, -0.2) is 0 Å². The lowest BCUT2D eigenvalue weighted by molar-refractivity contribution is 0.136. The molecule has 0 amide bonds. The number of hydrogen-bond donors (Lipinski definition) is 0. The van der Waals surface area contributed by atoms with Gasteiger partial charge in [-0.2, -0.15) is 0 Å². The molecule has 2 aromatic rings. The third-order valence-corrected chi connectivity index (χ3v) is 3.24. The molecule has 22 heavy (non-hydrogen) atoms. The number of allylic oxidation sites excluding steroid dienone is 2. The fourth-order valence-electron chi connectivity index (χ4n) is 2.06. The van der Waals surface area contributed by atoms with Crippen LogP contribution in [-0.4, -0.2) is 0 Å². The summed E-state index contributed by atoms with van der Waals surface area (Å²) in [6, 6.07) is 20.2. The van der Waals surface area contributed by atoms with E-state index in [4.69, 9.17) is 9.47 Å². The molecule has 0 aliphatic rings. The van der Waals surface area contributed by atoms with Crippen molar-refractivity contribution in [2.24, 2.45) is 0 Å². The van der Waals surface area contributed by atoms with Gasteiger partial charge in [0, 0.05) is 0 Å². The first kappa shape index (κ1) is 15.9. The van der Waals surface area contributed by atoms with Crippen molar-refractivity contribution in [3.8, 4) is 0 Å². The molecule has 0 aliphatic heterocycles. The molecule has 0 heterocycles. The number of hydrogen-bond acceptors (Lipinski definition) is 2. The van der Waals surface area contributed by atoms with E-state index in [2.05, 4.69) is 0 Å². The molecule has 0 saturated heterocycles. The van der Waals surface area contributed by atoms with Crippen molar-refractivity contribution in [1.82, 2.24) is 0 Å². The average molecular weight is 294 g/mol. The third kappa shape index (κ3) is 4.81. The lowest BCUT2D eigenvalue weighted by atomic mass is 10.2. The minimum Gasteiger partial charge on any atom is -0.485 e. The summed E-state index contributed by atoms with van der Waals surface area (Å²) in [7, 11) is 0. The van der Waals surface area contributed by atoms with E-state index in [0.29, 0.717) is 13.2 Å². The lowest BCUT2D eigenvalue weighted by Gasteiger charge is -2.15. The van der Waals surface area contributed by atoms with Crippen LogP contribution >= 0.6 is 0 Å². The first-order valence-corrected chi connectivity index (χ1v) is 7.50. The minimum atomic E-state index is 0.534. The molecule has 0 N–H and O–H groups in total. The highest BCUT2D eigenvalue weighted by Crippen LogP contribution is 2.17. The molecule has 2 heteroatoms. The van der Waals surface area contributed by atoms with Crippen molar-refractivity contribution in [3.63, 3.8) is 0 Å². The highest BCUT2D eigenvalue weighted by molar-refractivity contribution is 5.21. The topological polar surface area (TPSA) is 18.5 Å². The zero-order valence-electron chi connectivity index (χ0n) is 13.2. The van der Waals surface area contributed by atoms with Crippen LogP contribution in [0, 0.1) is 0 Å². The summed E-state index contributed by atoms with van der Waals surface area (Å²) in [5, 5.41) is 0. The van der Waals surface area contributed by atoms with Crippen LogP contribution in [0.15, 0.2) is 84.3 Å². The van der Waals surface area contributed by atoms with Crippen LogP contribution in [0.4, 0.5) is 0 Å². The smallest absolute Gasteiger partial charge is 0.157 e. The quantitative estimate of drug-likeness (QED) is 0.514. The Bertz CT molecular complexity index is 555. The maximum Gasteiger partial charge on any atom is 0.157 e. The maximum atomic E-state index is 5.89. The molecule has 2 nitrogen and oxygen atoms in total.